The van der Waals surface area contributed by atoms with Gasteiger partial charge in [-0.3, -0.25) is 0 Å². The van der Waals surface area contributed by atoms with Crippen LogP contribution < -0.4 is 0 Å². The Bertz CT molecular complexity index is 327. The van der Waals surface area contributed by atoms with Crippen molar-refractivity contribution in [3.05, 3.63) is 0 Å². The topological polar surface area (TPSA) is 57.6 Å². The van der Waals surface area contributed by atoms with Crippen molar-refractivity contribution in [1.82, 2.24) is 4.31 Å². The van der Waals surface area contributed by atoms with Crippen LogP contribution >= 0.6 is 0 Å². The fraction of sp³-hybridized carbons (Fsp3) is 1.00. The molecule has 3 atom stereocenters. The van der Waals surface area contributed by atoms with E-state index in [4.69, 9.17) is 0 Å². The Morgan fingerprint density at radius 1 is 1.41 bits per heavy atom. The van der Waals surface area contributed by atoms with Crippen molar-refractivity contribution in [3.8, 4) is 0 Å². The molecule has 0 aromatic rings. The summed E-state index contributed by atoms with van der Waals surface area (Å²) in [7, 11) is -3.14. The van der Waals surface area contributed by atoms with E-state index in [1.807, 2.05) is 13.8 Å². The first kappa shape index (κ1) is 14.9. The summed E-state index contributed by atoms with van der Waals surface area (Å²) < 4.78 is 25.9. The van der Waals surface area contributed by atoms with Crippen LogP contribution in [0.25, 0.3) is 0 Å². The maximum Gasteiger partial charge on any atom is 0.214 e. The number of nitrogens with zero attached hydrogens (tertiary/aromatic N) is 1. The van der Waals surface area contributed by atoms with E-state index in [1.54, 1.807) is 11.2 Å². The Morgan fingerprint density at radius 3 is 2.59 bits per heavy atom. The maximum absolute atomic E-state index is 12.2. The zero-order valence-corrected chi connectivity index (χ0v) is 11.9. The van der Waals surface area contributed by atoms with Crippen LogP contribution in [0.4, 0.5) is 0 Å². The van der Waals surface area contributed by atoms with Gasteiger partial charge in [0.2, 0.25) is 10.0 Å². The zero-order chi connectivity index (χ0) is 13.1. The van der Waals surface area contributed by atoms with Gasteiger partial charge in [-0.1, -0.05) is 20.3 Å². The summed E-state index contributed by atoms with van der Waals surface area (Å²) in [5, 5.41) is 9.57. The Labute approximate surface area is 105 Å². The number of hydrogen-bond acceptors (Lipinski definition) is 3. The number of hydrogen-bond donors (Lipinski definition) is 1. The van der Waals surface area contributed by atoms with Crippen molar-refractivity contribution < 1.29 is 13.5 Å². The predicted octanol–water partition coefficient (Wildman–Crippen LogP) is 1.46. The lowest BCUT2D eigenvalue weighted by Crippen LogP contribution is -2.44. The summed E-state index contributed by atoms with van der Waals surface area (Å²) in [5.41, 5.74) is 0. The van der Waals surface area contributed by atoms with Crippen LogP contribution in [0, 0.1) is 11.8 Å². The van der Waals surface area contributed by atoms with Gasteiger partial charge >= 0.3 is 0 Å². The van der Waals surface area contributed by atoms with E-state index in [2.05, 4.69) is 0 Å². The summed E-state index contributed by atoms with van der Waals surface area (Å²) >= 11 is 0. The molecule has 1 heterocycles. The van der Waals surface area contributed by atoms with Crippen LogP contribution in [-0.2, 0) is 10.0 Å². The predicted molar refractivity (Wildman–Crippen MR) is 69.2 cm³/mol. The van der Waals surface area contributed by atoms with Gasteiger partial charge < -0.3 is 5.11 Å². The van der Waals surface area contributed by atoms with Crippen molar-refractivity contribution in [3.63, 3.8) is 0 Å². The molecule has 102 valence electrons. The average Bonchev–Trinajstić information content (AvgIpc) is 2.28. The zero-order valence-electron chi connectivity index (χ0n) is 11.1. The van der Waals surface area contributed by atoms with Crippen LogP contribution in [0.15, 0.2) is 0 Å². The molecule has 0 aromatic carbocycles. The van der Waals surface area contributed by atoms with Crippen LogP contribution in [0.5, 0.6) is 0 Å². The summed E-state index contributed by atoms with van der Waals surface area (Å²) in [4.78, 5) is 0. The highest BCUT2D eigenvalue weighted by molar-refractivity contribution is 7.89. The Kier molecular flexibility index (Phi) is 5.41. The largest absolute Gasteiger partial charge is 0.393 e. The Hall–Kier alpha value is -0.130. The third-order valence-electron chi connectivity index (χ3n) is 3.69. The fourth-order valence-corrected chi connectivity index (χ4v) is 4.19. The summed E-state index contributed by atoms with van der Waals surface area (Å²) in [6.07, 6.45) is 2.24. The minimum absolute atomic E-state index is 0.0930. The third kappa shape index (κ3) is 4.23. The van der Waals surface area contributed by atoms with Crippen molar-refractivity contribution in [2.75, 3.05) is 18.8 Å². The second-order valence-electron chi connectivity index (χ2n) is 5.29. The van der Waals surface area contributed by atoms with Gasteiger partial charge in [-0.2, -0.15) is 0 Å². The molecule has 4 nitrogen and oxygen atoms in total. The molecule has 0 spiro atoms. The molecule has 1 N–H and O–H groups in total. The second kappa shape index (κ2) is 6.16. The molecule has 1 rings (SSSR count). The third-order valence-corrected chi connectivity index (χ3v) is 5.80. The van der Waals surface area contributed by atoms with E-state index >= 15 is 0 Å². The summed E-state index contributed by atoms with van der Waals surface area (Å²) in [6, 6.07) is 0. The Balaban J connectivity index is 2.65. The second-order valence-corrected chi connectivity index (χ2v) is 7.31. The quantitative estimate of drug-likeness (QED) is 0.817. The summed E-state index contributed by atoms with van der Waals surface area (Å²) in [5.74, 6) is 0.526. The molecular weight excluding hydrogens is 238 g/mol. The number of aliphatic hydroxyl groups is 1. The molecule has 1 saturated heterocycles. The SMILES string of the molecule is CCC(C)CS(=O)(=O)N1CCCC(C(C)O)C1. The van der Waals surface area contributed by atoms with Gasteiger partial charge in [0, 0.05) is 13.1 Å². The van der Waals surface area contributed by atoms with Crippen LogP contribution in [0.1, 0.15) is 40.0 Å². The molecule has 0 saturated carbocycles. The average molecular weight is 263 g/mol. The first-order valence-electron chi connectivity index (χ1n) is 6.52. The van der Waals surface area contributed by atoms with Gasteiger partial charge in [0.15, 0.2) is 0 Å². The molecule has 0 bridgehead atoms. The van der Waals surface area contributed by atoms with Crippen molar-refractivity contribution in [2.45, 2.75) is 46.1 Å². The first-order chi connectivity index (χ1) is 7.86. The standard InChI is InChI=1S/C12H25NO3S/c1-4-10(2)9-17(15,16)13-7-5-6-12(8-13)11(3)14/h10-12,14H,4-9H2,1-3H3. The molecule has 17 heavy (non-hydrogen) atoms. The van der Waals surface area contributed by atoms with Crippen molar-refractivity contribution in [1.29, 1.82) is 0 Å². The minimum Gasteiger partial charge on any atom is -0.393 e. The number of sulfonamides is 1. The molecule has 0 radical (unpaired) electrons. The molecule has 1 aliphatic heterocycles. The van der Waals surface area contributed by atoms with E-state index in [1.165, 1.54) is 0 Å². The number of rotatable bonds is 5. The maximum atomic E-state index is 12.2. The van der Waals surface area contributed by atoms with E-state index in [0.29, 0.717) is 13.1 Å². The molecule has 3 unspecified atom stereocenters. The highest BCUT2D eigenvalue weighted by Gasteiger charge is 2.31. The minimum atomic E-state index is -3.14. The molecule has 1 fully saturated rings. The summed E-state index contributed by atoms with van der Waals surface area (Å²) in [6.45, 7) is 6.82. The highest BCUT2D eigenvalue weighted by atomic mass is 32.2. The van der Waals surface area contributed by atoms with Gasteiger partial charge in [-0.15, -0.1) is 0 Å². The molecule has 1 aliphatic rings. The van der Waals surface area contributed by atoms with E-state index in [0.717, 1.165) is 19.3 Å². The molecule has 0 amide bonds. The molecule has 0 aliphatic carbocycles. The highest BCUT2D eigenvalue weighted by Crippen LogP contribution is 2.23. The lowest BCUT2D eigenvalue weighted by atomic mass is 9.95. The first-order valence-corrected chi connectivity index (χ1v) is 8.13. The van der Waals surface area contributed by atoms with Gasteiger partial charge in [0.1, 0.15) is 0 Å². The number of aliphatic hydroxyl groups excluding tert-OH is 1. The van der Waals surface area contributed by atoms with E-state index in [9.17, 15) is 13.5 Å². The van der Waals surface area contributed by atoms with Gasteiger partial charge in [-0.05, 0) is 31.6 Å². The van der Waals surface area contributed by atoms with Gasteiger partial charge in [-0.25, -0.2) is 12.7 Å². The van der Waals surface area contributed by atoms with Gasteiger partial charge in [0.05, 0.1) is 11.9 Å². The monoisotopic (exact) mass is 263 g/mol. The normalized spacial score (nSPS) is 26.7. The molecular formula is C12H25NO3S. The molecule has 0 aromatic heterocycles. The Morgan fingerprint density at radius 2 is 2.06 bits per heavy atom. The van der Waals surface area contributed by atoms with E-state index < -0.39 is 16.1 Å². The van der Waals surface area contributed by atoms with Crippen LogP contribution in [0.2, 0.25) is 0 Å². The van der Waals surface area contributed by atoms with Crippen molar-refractivity contribution in [2.24, 2.45) is 11.8 Å². The lowest BCUT2D eigenvalue weighted by Gasteiger charge is -2.33. The van der Waals surface area contributed by atoms with Crippen LogP contribution in [-0.4, -0.2) is 42.8 Å². The van der Waals surface area contributed by atoms with E-state index in [-0.39, 0.29) is 17.6 Å². The van der Waals surface area contributed by atoms with Crippen molar-refractivity contribution >= 4 is 10.0 Å². The van der Waals surface area contributed by atoms with Crippen LogP contribution in [0.3, 0.4) is 0 Å². The smallest absolute Gasteiger partial charge is 0.214 e. The molecule has 5 heteroatoms. The number of piperidine rings is 1. The lowest BCUT2D eigenvalue weighted by molar-refractivity contribution is 0.0884. The fourth-order valence-electron chi connectivity index (χ4n) is 2.20. The van der Waals surface area contributed by atoms with Gasteiger partial charge in [0.25, 0.3) is 0 Å².